The summed E-state index contributed by atoms with van der Waals surface area (Å²) in [6.07, 6.45) is 5.34. The molecular formula is C25H27N3O5S. The number of ether oxygens (including phenoxy) is 1. The number of nitrogens with zero attached hydrogens (tertiary/aromatic N) is 1. The van der Waals surface area contributed by atoms with Gasteiger partial charge in [0.1, 0.15) is 11.9 Å². The van der Waals surface area contributed by atoms with Crippen molar-refractivity contribution in [3.05, 3.63) is 83.7 Å². The summed E-state index contributed by atoms with van der Waals surface area (Å²) in [6.45, 7) is 1.04. The summed E-state index contributed by atoms with van der Waals surface area (Å²) < 4.78 is 30.8. The van der Waals surface area contributed by atoms with E-state index in [0.717, 1.165) is 47.1 Å². The van der Waals surface area contributed by atoms with Crippen LogP contribution in [0.4, 0.5) is 0 Å². The Kier molecular flexibility index (Phi) is 7.26. The number of aryl methyl sites for hydroxylation is 1. The number of rotatable bonds is 8. The lowest BCUT2D eigenvalue weighted by atomic mass is 9.96. The topological polar surface area (TPSA) is 118 Å². The van der Waals surface area contributed by atoms with Crippen molar-refractivity contribution in [2.75, 3.05) is 19.3 Å². The molecule has 0 bridgehead atoms. The maximum Gasteiger partial charge on any atom is 0.264 e. The van der Waals surface area contributed by atoms with Crippen LogP contribution in [0.5, 0.6) is 5.75 Å². The molecule has 2 atom stereocenters. The zero-order valence-electron chi connectivity index (χ0n) is 18.8. The van der Waals surface area contributed by atoms with Crippen molar-refractivity contribution >= 4 is 15.9 Å². The Morgan fingerprint density at radius 1 is 1.18 bits per heavy atom. The van der Waals surface area contributed by atoms with Gasteiger partial charge in [0, 0.05) is 36.6 Å². The number of aromatic nitrogens is 1. The number of benzene rings is 2. The van der Waals surface area contributed by atoms with Crippen LogP contribution in [-0.2, 0) is 16.4 Å². The van der Waals surface area contributed by atoms with E-state index in [1.165, 1.54) is 0 Å². The van der Waals surface area contributed by atoms with Crippen LogP contribution in [0, 0.1) is 0 Å². The Hall–Kier alpha value is -3.27. The van der Waals surface area contributed by atoms with E-state index in [2.05, 4.69) is 10.3 Å². The molecule has 2 aromatic carbocycles. The lowest BCUT2D eigenvalue weighted by molar-refractivity contribution is 0.0981. The second-order valence-corrected chi connectivity index (χ2v) is 10.1. The van der Waals surface area contributed by atoms with Crippen LogP contribution < -0.4 is 14.8 Å². The van der Waals surface area contributed by atoms with Gasteiger partial charge in [-0.1, -0.05) is 24.3 Å². The highest BCUT2D eigenvalue weighted by molar-refractivity contribution is 7.89. The van der Waals surface area contributed by atoms with E-state index in [0.29, 0.717) is 13.1 Å². The van der Waals surface area contributed by atoms with Gasteiger partial charge in [-0.15, -0.1) is 0 Å². The maximum atomic E-state index is 12.2. The van der Waals surface area contributed by atoms with Crippen LogP contribution in [0.3, 0.4) is 0 Å². The number of fused-ring (bicyclic) bond motifs is 1. The normalized spacial score (nSPS) is 16.2. The Labute approximate surface area is 199 Å². The summed E-state index contributed by atoms with van der Waals surface area (Å²) in [5.41, 5.74) is 3.87. The molecule has 0 spiro atoms. The fraction of sp³-hybridized carbons (Fsp3) is 0.280. The maximum absolute atomic E-state index is 12.2. The summed E-state index contributed by atoms with van der Waals surface area (Å²) in [6, 6.07) is 16.4. The smallest absolute Gasteiger partial charge is 0.264 e. The molecule has 9 heteroatoms. The lowest BCUT2D eigenvalue weighted by Gasteiger charge is -2.27. The highest BCUT2D eigenvalue weighted by Crippen LogP contribution is 2.32. The molecule has 0 saturated heterocycles. The highest BCUT2D eigenvalue weighted by atomic mass is 32.2. The van der Waals surface area contributed by atoms with Crippen LogP contribution in [-0.4, -0.2) is 49.9 Å². The van der Waals surface area contributed by atoms with E-state index in [-0.39, 0.29) is 11.7 Å². The monoisotopic (exact) mass is 481 g/mol. The number of aliphatic hydroxyl groups excluding tert-OH is 1. The summed E-state index contributed by atoms with van der Waals surface area (Å²) in [4.78, 5) is 16.2. The number of sulfonamides is 1. The first-order valence-electron chi connectivity index (χ1n) is 11.0. The highest BCUT2D eigenvalue weighted by Gasteiger charge is 2.21. The summed E-state index contributed by atoms with van der Waals surface area (Å²) >= 11 is 0. The van der Waals surface area contributed by atoms with Crippen LogP contribution in [0.15, 0.2) is 67.0 Å². The molecule has 4 rings (SSSR count). The summed E-state index contributed by atoms with van der Waals surface area (Å²) in [5, 5.41) is 13.5. The number of hydrogen-bond acceptors (Lipinski definition) is 7. The first-order valence-corrected chi connectivity index (χ1v) is 12.9. The number of carbonyl (C=O) groups excluding carboxylic acids is 1. The van der Waals surface area contributed by atoms with Crippen molar-refractivity contribution in [2.45, 2.75) is 25.0 Å². The van der Waals surface area contributed by atoms with Crippen LogP contribution in [0.25, 0.3) is 11.1 Å². The zero-order chi connectivity index (χ0) is 24.1. The van der Waals surface area contributed by atoms with Gasteiger partial charge >= 0.3 is 0 Å². The third-order valence-corrected chi connectivity index (χ3v) is 6.16. The first kappa shape index (κ1) is 23.9. The lowest BCUT2D eigenvalue weighted by Crippen LogP contribution is -2.36. The predicted octanol–water partition coefficient (Wildman–Crippen LogP) is 2.45. The van der Waals surface area contributed by atoms with Gasteiger partial charge in [-0.25, -0.2) is 13.1 Å². The fourth-order valence-corrected chi connectivity index (χ4v) is 4.36. The second kappa shape index (κ2) is 10.3. The molecule has 0 fully saturated rings. The molecule has 1 aromatic heterocycles. The van der Waals surface area contributed by atoms with Gasteiger partial charge in [-0.3, -0.25) is 9.78 Å². The van der Waals surface area contributed by atoms with Gasteiger partial charge in [-0.2, -0.15) is 0 Å². The SMILES string of the molecule is CS(=O)(=O)NC(=O)c1cccc(-c2ccc3c(c2)CC[C@H](CNC[C@H](O)c2cccnc2)O3)c1. The average molecular weight is 482 g/mol. The van der Waals surface area contributed by atoms with Crippen molar-refractivity contribution in [3.63, 3.8) is 0 Å². The molecule has 0 radical (unpaired) electrons. The van der Waals surface area contributed by atoms with Crippen molar-refractivity contribution < 1.29 is 23.1 Å². The molecule has 178 valence electrons. The molecule has 0 unspecified atom stereocenters. The van der Waals surface area contributed by atoms with Crippen LogP contribution in [0.2, 0.25) is 0 Å². The van der Waals surface area contributed by atoms with Crippen molar-refractivity contribution in [1.82, 2.24) is 15.0 Å². The largest absolute Gasteiger partial charge is 0.489 e. The molecule has 8 nitrogen and oxygen atoms in total. The number of hydrogen-bond donors (Lipinski definition) is 3. The number of carbonyl (C=O) groups is 1. The van der Waals surface area contributed by atoms with E-state index in [9.17, 15) is 18.3 Å². The first-order chi connectivity index (χ1) is 16.3. The predicted molar refractivity (Wildman–Crippen MR) is 129 cm³/mol. The number of nitrogens with one attached hydrogen (secondary N) is 2. The molecule has 1 aliphatic rings. The second-order valence-electron chi connectivity index (χ2n) is 8.35. The Bertz CT molecular complexity index is 1260. The average Bonchev–Trinajstić information content (AvgIpc) is 2.83. The minimum atomic E-state index is -3.63. The molecule has 3 aromatic rings. The van der Waals surface area contributed by atoms with Crippen molar-refractivity contribution in [1.29, 1.82) is 0 Å². The van der Waals surface area contributed by atoms with E-state index in [4.69, 9.17) is 4.74 Å². The Balaban J connectivity index is 1.37. The minimum absolute atomic E-state index is 0.00228. The van der Waals surface area contributed by atoms with Gasteiger partial charge in [0.2, 0.25) is 10.0 Å². The van der Waals surface area contributed by atoms with E-state index in [1.54, 1.807) is 36.7 Å². The van der Waals surface area contributed by atoms with Gasteiger partial charge in [0.15, 0.2) is 0 Å². The van der Waals surface area contributed by atoms with E-state index in [1.807, 2.05) is 35.1 Å². The van der Waals surface area contributed by atoms with Gasteiger partial charge < -0.3 is 15.2 Å². The molecule has 1 aliphatic heterocycles. The van der Waals surface area contributed by atoms with Crippen molar-refractivity contribution in [2.24, 2.45) is 0 Å². The number of pyridine rings is 1. The Morgan fingerprint density at radius 2 is 2.00 bits per heavy atom. The summed E-state index contributed by atoms with van der Waals surface area (Å²) in [5.74, 6) is 0.162. The molecule has 3 N–H and O–H groups in total. The molecule has 0 aliphatic carbocycles. The molecule has 2 heterocycles. The molecule has 0 saturated carbocycles. The fourth-order valence-electron chi connectivity index (χ4n) is 3.91. The third kappa shape index (κ3) is 6.19. The number of aliphatic hydroxyl groups is 1. The molecule has 1 amide bonds. The van der Waals surface area contributed by atoms with Gasteiger partial charge in [0.25, 0.3) is 5.91 Å². The molecular weight excluding hydrogens is 454 g/mol. The van der Waals surface area contributed by atoms with Gasteiger partial charge in [-0.05, 0) is 59.9 Å². The third-order valence-electron chi connectivity index (χ3n) is 5.60. The van der Waals surface area contributed by atoms with Crippen LogP contribution in [0.1, 0.15) is 34.0 Å². The number of amides is 1. The quantitative estimate of drug-likeness (QED) is 0.452. The Morgan fingerprint density at radius 3 is 2.76 bits per heavy atom. The zero-order valence-corrected chi connectivity index (χ0v) is 19.6. The minimum Gasteiger partial charge on any atom is -0.489 e. The van der Waals surface area contributed by atoms with E-state index < -0.39 is 22.0 Å². The van der Waals surface area contributed by atoms with Crippen LogP contribution >= 0.6 is 0 Å². The summed E-state index contributed by atoms with van der Waals surface area (Å²) in [7, 11) is -3.63. The standard InChI is InChI=1S/C25H27N3O5S/c1-34(31,32)28-25(30)20-5-2-4-17(13-20)18-8-10-24-19(12-18)7-9-22(33-24)15-27-16-23(29)21-6-3-11-26-14-21/h2-6,8,10-14,22-23,27,29H,7,9,15-16H2,1H3,(H,28,30)/t22-,23+/m1/s1. The molecule has 34 heavy (non-hydrogen) atoms. The van der Waals surface area contributed by atoms with Gasteiger partial charge in [0.05, 0.1) is 12.4 Å². The van der Waals surface area contributed by atoms with E-state index >= 15 is 0 Å². The van der Waals surface area contributed by atoms with Crippen molar-refractivity contribution in [3.8, 4) is 16.9 Å².